The van der Waals surface area contributed by atoms with Crippen LogP contribution in [-0.4, -0.2) is 66.5 Å². The van der Waals surface area contributed by atoms with Gasteiger partial charge in [0.2, 0.25) is 5.91 Å². The lowest BCUT2D eigenvalue weighted by Crippen LogP contribution is -2.56. The van der Waals surface area contributed by atoms with E-state index in [1.165, 1.54) is 0 Å². The summed E-state index contributed by atoms with van der Waals surface area (Å²) in [6.07, 6.45) is 1.75. The minimum atomic E-state index is -0.516. The second kappa shape index (κ2) is 5.36. The highest BCUT2D eigenvalue weighted by atomic mass is 16.2. The van der Waals surface area contributed by atoms with Crippen molar-refractivity contribution in [2.45, 2.75) is 38.3 Å². The zero-order valence-corrected chi connectivity index (χ0v) is 12.0. The van der Waals surface area contributed by atoms with Crippen LogP contribution in [0.5, 0.6) is 0 Å². The zero-order valence-electron chi connectivity index (χ0n) is 12.0. The van der Waals surface area contributed by atoms with Gasteiger partial charge in [-0.25, -0.2) is 4.79 Å². The Labute approximate surface area is 114 Å². The van der Waals surface area contributed by atoms with Crippen molar-refractivity contribution in [2.75, 3.05) is 33.2 Å². The van der Waals surface area contributed by atoms with Gasteiger partial charge in [0.25, 0.3) is 0 Å². The summed E-state index contributed by atoms with van der Waals surface area (Å²) in [6, 6.07) is 0.324. The van der Waals surface area contributed by atoms with Crippen LogP contribution in [0.4, 0.5) is 4.79 Å². The molecule has 0 saturated carbocycles. The maximum atomic E-state index is 12.3. The van der Waals surface area contributed by atoms with E-state index >= 15 is 0 Å². The van der Waals surface area contributed by atoms with Crippen LogP contribution < -0.4 is 10.6 Å². The van der Waals surface area contributed by atoms with Gasteiger partial charge in [0.15, 0.2) is 0 Å². The number of likely N-dealkylation sites (tertiary alicyclic amines) is 1. The van der Waals surface area contributed by atoms with Gasteiger partial charge in [0, 0.05) is 32.2 Å². The number of nitrogens with zero attached hydrogens (tertiary/aromatic N) is 2. The van der Waals surface area contributed by atoms with E-state index in [-0.39, 0.29) is 18.0 Å². The molecule has 2 fully saturated rings. The smallest absolute Gasteiger partial charge is 0.317 e. The highest BCUT2D eigenvalue weighted by Gasteiger charge is 2.35. The van der Waals surface area contributed by atoms with Gasteiger partial charge >= 0.3 is 6.03 Å². The average molecular weight is 268 g/mol. The first-order valence-electron chi connectivity index (χ1n) is 6.98. The van der Waals surface area contributed by atoms with E-state index in [1.54, 1.807) is 7.05 Å². The van der Waals surface area contributed by atoms with Crippen molar-refractivity contribution in [2.24, 2.45) is 0 Å². The van der Waals surface area contributed by atoms with Crippen molar-refractivity contribution < 1.29 is 9.59 Å². The molecule has 2 heterocycles. The number of hydrogen-bond acceptors (Lipinski definition) is 3. The standard InChI is InChI=1S/C13H24N4O2/c1-13(2,14-3)11(18)16-7-4-10(5-8-16)17-9-6-15-12(17)19/h10,14H,4-9H2,1-3H3,(H,15,19). The number of piperidine rings is 1. The second-order valence-electron chi connectivity index (χ2n) is 5.82. The number of carbonyl (C=O) groups is 2. The molecule has 0 atom stereocenters. The molecule has 2 aliphatic rings. The number of rotatable bonds is 3. The maximum Gasteiger partial charge on any atom is 0.317 e. The first-order chi connectivity index (χ1) is 8.95. The van der Waals surface area contributed by atoms with Crippen molar-refractivity contribution >= 4 is 11.9 Å². The summed E-state index contributed by atoms with van der Waals surface area (Å²) in [5.74, 6) is 0.138. The number of amides is 3. The van der Waals surface area contributed by atoms with E-state index < -0.39 is 5.54 Å². The molecule has 108 valence electrons. The lowest BCUT2D eigenvalue weighted by Gasteiger charge is -2.39. The lowest BCUT2D eigenvalue weighted by atomic mass is 9.99. The number of likely N-dealkylation sites (N-methyl/N-ethyl adjacent to an activating group) is 1. The molecule has 19 heavy (non-hydrogen) atoms. The van der Waals surface area contributed by atoms with Crippen LogP contribution >= 0.6 is 0 Å². The van der Waals surface area contributed by atoms with E-state index in [2.05, 4.69) is 10.6 Å². The normalized spacial score (nSPS) is 21.7. The molecule has 0 bridgehead atoms. The molecule has 2 rings (SSSR count). The fourth-order valence-electron chi connectivity index (χ4n) is 2.72. The Morgan fingerprint density at radius 3 is 2.42 bits per heavy atom. The van der Waals surface area contributed by atoms with E-state index in [9.17, 15) is 9.59 Å². The van der Waals surface area contributed by atoms with Gasteiger partial charge in [-0.3, -0.25) is 4.79 Å². The highest BCUT2D eigenvalue weighted by Crippen LogP contribution is 2.20. The molecule has 6 heteroatoms. The molecule has 2 N–H and O–H groups in total. The van der Waals surface area contributed by atoms with Gasteiger partial charge < -0.3 is 20.4 Å². The second-order valence-corrected chi connectivity index (χ2v) is 5.82. The summed E-state index contributed by atoms with van der Waals surface area (Å²) < 4.78 is 0. The fourth-order valence-corrected chi connectivity index (χ4v) is 2.72. The molecule has 0 radical (unpaired) electrons. The Bertz CT molecular complexity index is 362. The molecular weight excluding hydrogens is 244 g/mol. The number of carbonyl (C=O) groups excluding carboxylic acids is 2. The molecule has 0 aliphatic carbocycles. The van der Waals surface area contributed by atoms with Crippen LogP contribution in [0.1, 0.15) is 26.7 Å². The number of urea groups is 1. The van der Waals surface area contributed by atoms with Crippen molar-refractivity contribution in [1.29, 1.82) is 0 Å². The summed E-state index contributed by atoms with van der Waals surface area (Å²) in [5.41, 5.74) is -0.516. The summed E-state index contributed by atoms with van der Waals surface area (Å²) in [6.45, 7) is 6.80. The molecule has 0 aromatic heterocycles. The Hall–Kier alpha value is -1.30. The summed E-state index contributed by atoms with van der Waals surface area (Å²) in [4.78, 5) is 27.7. The third kappa shape index (κ3) is 2.83. The minimum absolute atomic E-state index is 0.0420. The SMILES string of the molecule is CNC(C)(C)C(=O)N1CCC(N2CCNC2=O)CC1. The fraction of sp³-hybridized carbons (Fsp3) is 0.846. The van der Waals surface area contributed by atoms with E-state index in [0.717, 1.165) is 39.0 Å². The minimum Gasteiger partial charge on any atom is -0.341 e. The predicted molar refractivity (Wildman–Crippen MR) is 72.8 cm³/mol. The summed E-state index contributed by atoms with van der Waals surface area (Å²) in [5, 5.41) is 5.88. The van der Waals surface area contributed by atoms with Gasteiger partial charge in [-0.2, -0.15) is 0 Å². The van der Waals surface area contributed by atoms with Crippen molar-refractivity contribution in [3.05, 3.63) is 0 Å². The molecule has 0 aromatic carbocycles. The largest absolute Gasteiger partial charge is 0.341 e. The Morgan fingerprint density at radius 2 is 1.95 bits per heavy atom. The number of hydrogen-bond donors (Lipinski definition) is 2. The highest BCUT2D eigenvalue weighted by molar-refractivity contribution is 5.85. The first-order valence-corrected chi connectivity index (χ1v) is 6.98. The topological polar surface area (TPSA) is 64.7 Å². The zero-order chi connectivity index (χ0) is 14.0. The van der Waals surface area contributed by atoms with Crippen LogP contribution in [0, 0.1) is 0 Å². The van der Waals surface area contributed by atoms with E-state index in [1.807, 2.05) is 23.6 Å². The predicted octanol–water partition coefficient (Wildman–Crippen LogP) is 0.000600. The molecule has 2 saturated heterocycles. The average Bonchev–Trinajstić information content (AvgIpc) is 2.84. The molecule has 0 aromatic rings. The molecule has 0 unspecified atom stereocenters. The third-order valence-corrected chi connectivity index (χ3v) is 4.24. The Balaban J connectivity index is 1.89. The molecule has 6 nitrogen and oxygen atoms in total. The van der Waals surface area contributed by atoms with Crippen molar-refractivity contribution in [3.8, 4) is 0 Å². The van der Waals surface area contributed by atoms with Crippen LogP contribution in [0.2, 0.25) is 0 Å². The monoisotopic (exact) mass is 268 g/mol. The summed E-state index contributed by atoms with van der Waals surface area (Å²) in [7, 11) is 1.80. The Morgan fingerprint density at radius 1 is 1.32 bits per heavy atom. The molecule has 0 spiro atoms. The van der Waals surface area contributed by atoms with Crippen LogP contribution in [0.3, 0.4) is 0 Å². The lowest BCUT2D eigenvalue weighted by molar-refractivity contribution is -0.138. The van der Waals surface area contributed by atoms with Gasteiger partial charge in [0.05, 0.1) is 5.54 Å². The maximum absolute atomic E-state index is 12.3. The van der Waals surface area contributed by atoms with Crippen LogP contribution in [0.15, 0.2) is 0 Å². The Kier molecular flexibility index (Phi) is 3.99. The molecule has 3 amide bonds. The van der Waals surface area contributed by atoms with Crippen molar-refractivity contribution in [1.82, 2.24) is 20.4 Å². The van der Waals surface area contributed by atoms with Crippen molar-refractivity contribution in [3.63, 3.8) is 0 Å². The molecule has 2 aliphatic heterocycles. The van der Waals surface area contributed by atoms with Crippen LogP contribution in [-0.2, 0) is 4.79 Å². The van der Waals surface area contributed by atoms with E-state index in [4.69, 9.17) is 0 Å². The molecular formula is C13H24N4O2. The quantitative estimate of drug-likeness (QED) is 0.757. The van der Waals surface area contributed by atoms with E-state index in [0.29, 0.717) is 0 Å². The van der Waals surface area contributed by atoms with Gasteiger partial charge in [-0.1, -0.05) is 0 Å². The summed E-state index contributed by atoms with van der Waals surface area (Å²) >= 11 is 0. The van der Waals surface area contributed by atoms with Crippen LogP contribution in [0.25, 0.3) is 0 Å². The first kappa shape index (κ1) is 14.1. The van der Waals surface area contributed by atoms with Gasteiger partial charge in [-0.05, 0) is 33.7 Å². The third-order valence-electron chi connectivity index (χ3n) is 4.24. The van der Waals surface area contributed by atoms with Gasteiger partial charge in [-0.15, -0.1) is 0 Å². The van der Waals surface area contributed by atoms with Gasteiger partial charge in [0.1, 0.15) is 0 Å². The number of nitrogens with one attached hydrogen (secondary N) is 2.